The van der Waals surface area contributed by atoms with Gasteiger partial charge in [0.1, 0.15) is 23.3 Å². The van der Waals surface area contributed by atoms with Gasteiger partial charge in [-0.05, 0) is 30.3 Å². The fourth-order valence-electron chi connectivity index (χ4n) is 1.99. The molecule has 0 heterocycles. The molecular weight excluding hydrogens is 268 g/mol. The number of hydrogen-bond donors (Lipinski definition) is 2. The Kier molecular flexibility index (Phi) is 4.52. The van der Waals surface area contributed by atoms with Crippen LogP contribution in [0.25, 0.3) is 0 Å². The quantitative estimate of drug-likeness (QED) is 0.883. The summed E-state index contributed by atoms with van der Waals surface area (Å²) in [4.78, 5) is 0. The highest BCUT2D eigenvalue weighted by Gasteiger charge is 2.10. The van der Waals surface area contributed by atoms with E-state index in [4.69, 9.17) is 14.7 Å². The molecule has 0 aromatic heterocycles. The summed E-state index contributed by atoms with van der Waals surface area (Å²) in [5.74, 6) is 1.40. The largest absolute Gasteiger partial charge is 0.508 e. The number of phenolic OH excluding ortho intramolecular Hbond substituents is 1. The fraction of sp³-hybridized carbons (Fsp3) is 0.188. The molecule has 5 heteroatoms. The highest BCUT2D eigenvalue weighted by molar-refractivity contribution is 5.66. The van der Waals surface area contributed by atoms with Gasteiger partial charge in [-0.15, -0.1) is 0 Å². The van der Waals surface area contributed by atoms with Gasteiger partial charge in [0.05, 0.1) is 25.5 Å². The van der Waals surface area contributed by atoms with Crippen LogP contribution in [-0.4, -0.2) is 19.3 Å². The highest BCUT2D eigenvalue weighted by atomic mass is 16.5. The van der Waals surface area contributed by atoms with E-state index in [1.54, 1.807) is 50.6 Å². The van der Waals surface area contributed by atoms with Gasteiger partial charge in [0.2, 0.25) is 0 Å². The van der Waals surface area contributed by atoms with E-state index in [-0.39, 0.29) is 5.75 Å². The van der Waals surface area contributed by atoms with Crippen molar-refractivity contribution in [3.63, 3.8) is 0 Å². The summed E-state index contributed by atoms with van der Waals surface area (Å²) < 4.78 is 10.4. The number of nitrogens with zero attached hydrogens (tertiary/aromatic N) is 1. The summed E-state index contributed by atoms with van der Waals surface area (Å²) in [5.41, 5.74) is 1.76. The molecule has 2 aromatic rings. The lowest BCUT2D eigenvalue weighted by molar-refractivity contribution is 0.410. The lowest BCUT2D eigenvalue weighted by Crippen LogP contribution is -2.04. The van der Waals surface area contributed by atoms with Gasteiger partial charge in [0.25, 0.3) is 0 Å². The average Bonchev–Trinajstić information content (AvgIpc) is 2.53. The van der Waals surface area contributed by atoms with Crippen molar-refractivity contribution in [1.29, 1.82) is 5.26 Å². The van der Waals surface area contributed by atoms with Gasteiger partial charge in [-0.25, -0.2) is 0 Å². The number of phenols is 1. The van der Waals surface area contributed by atoms with Crippen LogP contribution in [0.3, 0.4) is 0 Å². The number of nitriles is 1. The van der Waals surface area contributed by atoms with Crippen LogP contribution in [0.4, 0.5) is 5.69 Å². The summed E-state index contributed by atoms with van der Waals surface area (Å²) in [6.07, 6.45) is 0. The number of nitrogens with one attached hydrogen (secondary N) is 1. The second kappa shape index (κ2) is 6.53. The molecule has 0 radical (unpaired) electrons. The van der Waals surface area contributed by atoms with Crippen molar-refractivity contribution in [2.24, 2.45) is 0 Å². The van der Waals surface area contributed by atoms with Crippen molar-refractivity contribution in [1.82, 2.24) is 0 Å². The molecule has 0 saturated heterocycles. The Morgan fingerprint density at radius 2 is 2.00 bits per heavy atom. The van der Waals surface area contributed by atoms with E-state index in [9.17, 15) is 5.11 Å². The van der Waals surface area contributed by atoms with E-state index in [1.807, 2.05) is 0 Å². The lowest BCUT2D eigenvalue weighted by Gasteiger charge is -2.14. The molecule has 2 N–H and O–H groups in total. The summed E-state index contributed by atoms with van der Waals surface area (Å²) in [6, 6.07) is 12.3. The Labute approximate surface area is 123 Å². The number of benzene rings is 2. The van der Waals surface area contributed by atoms with Gasteiger partial charge in [-0.3, -0.25) is 0 Å². The first kappa shape index (κ1) is 14.5. The Balaban J connectivity index is 2.26. The predicted molar refractivity (Wildman–Crippen MR) is 79.7 cm³/mol. The molecule has 0 amide bonds. The van der Waals surface area contributed by atoms with Crippen LogP contribution >= 0.6 is 0 Å². The maximum atomic E-state index is 9.87. The molecule has 5 nitrogen and oxygen atoms in total. The van der Waals surface area contributed by atoms with Crippen LogP contribution in [0.2, 0.25) is 0 Å². The van der Waals surface area contributed by atoms with Crippen LogP contribution in [-0.2, 0) is 6.54 Å². The van der Waals surface area contributed by atoms with Crippen molar-refractivity contribution in [3.8, 4) is 23.3 Å². The first-order valence-corrected chi connectivity index (χ1v) is 6.36. The Hall–Kier alpha value is -2.87. The molecule has 0 aliphatic heterocycles. The standard InChI is InChI=1S/C16H16N2O3/c1-20-13-6-7-14(19)12(8-13)10-18-16-11(9-17)4-3-5-15(16)21-2/h3-8,18-19H,10H2,1-2H3. The predicted octanol–water partition coefficient (Wildman–Crippen LogP) is 2.89. The molecule has 0 atom stereocenters. The summed E-state index contributed by atoms with van der Waals surface area (Å²) >= 11 is 0. The van der Waals surface area contributed by atoms with E-state index in [2.05, 4.69) is 11.4 Å². The van der Waals surface area contributed by atoms with Crippen molar-refractivity contribution < 1.29 is 14.6 Å². The van der Waals surface area contributed by atoms with Crippen molar-refractivity contribution in [2.45, 2.75) is 6.54 Å². The Bertz CT molecular complexity index is 678. The molecule has 0 spiro atoms. The monoisotopic (exact) mass is 284 g/mol. The van der Waals surface area contributed by atoms with E-state index in [0.717, 1.165) is 0 Å². The van der Waals surface area contributed by atoms with Gasteiger partial charge >= 0.3 is 0 Å². The Morgan fingerprint density at radius 1 is 1.19 bits per heavy atom. The second-order valence-electron chi connectivity index (χ2n) is 4.34. The minimum absolute atomic E-state index is 0.164. The Morgan fingerprint density at radius 3 is 2.67 bits per heavy atom. The van der Waals surface area contributed by atoms with E-state index < -0.39 is 0 Å². The molecule has 0 bridgehead atoms. The topological polar surface area (TPSA) is 74.5 Å². The van der Waals surface area contributed by atoms with Crippen LogP contribution in [0, 0.1) is 11.3 Å². The van der Waals surface area contributed by atoms with Crippen molar-refractivity contribution >= 4 is 5.69 Å². The van der Waals surface area contributed by atoms with E-state index in [1.165, 1.54) is 0 Å². The number of methoxy groups -OCH3 is 2. The molecule has 0 fully saturated rings. The molecule has 2 rings (SSSR count). The molecule has 0 saturated carbocycles. The van der Waals surface area contributed by atoms with E-state index in [0.29, 0.717) is 34.9 Å². The number of hydrogen-bond acceptors (Lipinski definition) is 5. The van der Waals surface area contributed by atoms with Crippen LogP contribution < -0.4 is 14.8 Å². The van der Waals surface area contributed by atoms with Gasteiger partial charge < -0.3 is 19.9 Å². The van der Waals surface area contributed by atoms with Crippen LogP contribution in [0.15, 0.2) is 36.4 Å². The van der Waals surface area contributed by atoms with Gasteiger partial charge in [-0.2, -0.15) is 5.26 Å². The molecular formula is C16H16N2O3. The van der Waals surface area contributed by atoms with Gasteiger partial charge in [0, 0.05) is 12.1 Å². The third-order valence-corrected chi connectivity index (χ3v) is 3.11. The minimum atomic E-state index is 0.164. The number of ether oxygens (including phenoxy) is 2. The highest BCUT2D eigenvalue weighted by Crippen LogP contribution is 2.30. The first-order chi connectivity index (χ1) is 10.2. The summed E-state index contributed by atoms with van der Waals surface area (Å²) in [7, 11) is 3.11. The van der Waals surface area contributed by atoms with Crippen molar-refractivity contribution in [3.05, 3.63) is 47.5 Å². The van der Waals surface area contributed by atoms with E-state index >= 15 is 0 Å². The third kappa shape index (κ3) is 3.18. The van der Waals surface area contributed by atoms with Crippen LogP contribution in [0.5, 0.6) is 17.2 Å². The number of aromatic hydroxyl groups is 1. The first-order valence-electron chi connectivity index (χ1n) is 6.36. The fourth-order valence-corrected chi connectivity index (χ4v) is 1.99. The maximum absolute atomic E-state index is 9.87. The number of para-hydroxylation sites is 1. The van der Waals surface area contributed by atoms with Gasteiger partial charge in [-0.1, -0.05) is 6.07 Å². The third-order valence-electron chi connectivity index (χ3n) is 3.11. The molecule has 108 valence electrons. The molecule has 21 heavy (non-hydrogen) atoms. The van der Waals surface area contributed by atoms with Gasteiger partial charge in [0.15, 0.2) is 0 Å². The number of anilines is 1. The minimum Gasteiger partial charge on any atom is -0.508 e. The second-order valence-corrected chi connectivity index (χ2v) is 4.34. The number of rotatable bonds is 5. The molecule has 2 aromatic carbocycles. The SMILES string of the molecule is COc1ccc(O)c(CNc2c(C#N)cccc2OC)c1. The zero-order chi connectivity index (χ0) is 15.2. The lowest BCUT2D eigenvalue weighted by atomic mass is 10.1. The van der Waals surface area contributed by atoms with Crippen molar-refractivity contribution in [2.75, 3.05) is 19.5 Å². The maximum Gasteiger partial charge on any atom is 0.143 e. The van der Waals surface area contributed by atoms with Crippen LogP contribution in [0.1, 0.15) is 11.1 Å². The normalized spacial score (nSPS) is 9.76. The smallest absolute Gasteiger partial charge is 0.143 e. The summed E-state index contributed by atoms with van der Waals surface area (Å²) in [5, 5.41) is 22.2. The average molecular weight is 284 g/mol. The summed E-state index contributed by atoms with van der Waals surface area (Å²) in [6.45, 7) is 0.345. The molecule has 0 aliphatic rings. The zero-order valence-corrected chi connectivity index (χ0v) is 11.9. The molecule has 0 aliphatic carbocycles. The zero-order valence-electron chi connectivity index (χ0n) is 11.9. The molecule has 0 unspecified atom stereocenters.